The summed E-state index contributed by atoms with van der Waals surface area (Å²) in [5.41, 5.74) is 0.813. The van der Waals surface area contributed by atoms with Crippen LogP contribution in [0.2, 0.25) is 0 Å². The molecular weight excluding hydrogens is 270 g/mol. The van der Waals surface area contributed by atoms with E-state index < -0.39 is 0 Å². The number of piperidine rings is 1. The largest absolute Gasteiger partial charge is 0.490 e. The van der Waals surface area contributed by atoms with Gasteiger partial charge in [0.25, 0.3) is 5.69 Å². The number of anilines is 1. The van der Waals surface area contributed by atoms with Gasteiger partial charge in [-0.3, -0.25) is 10.1 Å². The third kappa shape index (κ3) is 4.60. The van der Waals surface area contributed by atoms with Crippen LogP contribution >= 0.6 is 0 Å². The van der Waals surface area contributed by atoms with E-state index in [1.165, 1.54) is 6.07 Å². The molecule has 1 aliphatic rings. The third-order valence-electron chi connectivity index (χ3n) is 3.65. The molecule has 1 fully saturated rings. The fourth-order valence-electron chi connectivity index (χ4n) is 2.42. The van der Waals surface area contributed by atoms with Crippen molar-refractivity contribution in [3.63, 3.8) is 0 Å². The van der Waals surface area contributed by atoms with Gasteiger partial charge in [0.05, 0.1) is 11.0 Å². The zero-order valence-corrected chi connectivity index (χ0v) is 12.7. The van der Waals surface area contributed by atoms with Gasteiger partial charge in [-0.15, -0.1) is 0 Å². The molecule has 0 radical (unpaired) electrons. The Hall–Kier alpha value is -1.82. The van der Waals surface area contributed by atoms with Gasteiger partial charge in [-0.05, 0) is 26.3 Å². The molecule has 0 saturated carbocycles. The summed E-state index contributed by atoms with van der Waals surface area (Å²) >= 11 is 0. The highest BCUT2D eigenvalue weighted by Crippen LogP contribution is 2.28. The molecule has 0 amide bonds. The van der Waals surface area contributed by atoms with Crippen LogP contribution in [0.4, 0.5) is 11.4 Å². The monoisotopic (exact) mass is 293 g/mol. The lowest BCUT2D eigenvalue weighted by Crippen LogP contribution is -2.35. The smallest absolute Gasteiger partial charge is 0.275 e. The third-order valence-corrected chi connectivity index (χ3v) is 3.65. The molecule has 21 heavy (non-hydrogen) atoms. The molecule has 0 unspecified atom stereocenters. The summed E-state index contributed by atoms with van der Waals surface area (Å²) < 4.78 is 5.94. The molecule has 1 saturated heterocycles. The predicted molar refractivity (Wildman–Crippen MR) is 83.0 cm³/mol. The van der Waals surface area contributed by atoms with Crippen LogP contribution in [0.5, 0.6) is 5.75 Å². The summed E-state index contributed by atoms with van der Waals surface area (Å²) in [6.07, 6.45) is 3.02. The highest BCUT2D eigenvalue weighted by molar-refractivity contribution is 5.56. The maximum absolute atomic E-state index is 11.0. The maximum atomic E-state index is 11.0. The van der Waals surface area contributed by atoms with Crippen LogP contribution < -0.4 is 10.1 Å². The molecule has 1 aromatic rings. The lowest BCUT2D eigenvalue weighted by Gasteiger charge is -2.29. The molecule has 0 atom stereocenters. The zero-order chi connectivity index (χ0) is 15.2. The van der Waals surface area contributed by atoms with E-state index in [1.807, 2.05) is 6.07 Å². The normalized spacial score (nSPS) is 16.7. The Bertz CT molecular complexity index is 485. The summed E-state index contributed by atoms with van der Waals surface area (Å²) in [4.78, 5) is 12.9. The van der Waals surface area contributed by atoms with E-state index in [9.17, 15) is 10.1 Å². The van der Waals surface area contributed by atoms with Gasteiger partial charge in [0.2, 0.25) is 0 Å². The van der Waals surface area contributed by atoms with Gasteiger partial charge in [-0.25, -0.2) is 0 Å². The minimum Gasteiger partial charge on any atom is -0.490 e. The molecule has 116 valence electrons. The van der Waals surface area contributed by atoms with Crippen LogP contribution in [-0.4, -0.2) is 42.6 Å². The van der Waals surface area contributed by atoms with Crippen LogP contribution in [0, 0.1) is 10.1 Å². The van der Waals surface area contributed by atoms with Gasteiger partial charge in [0.1, 0.15) is 11.9 Å². The molecule has 1 N–H and O–H groups in total. The molecular formula is C15H23N3O3. The first-order valence-electron chi connectivity index (χ1n) is 7.47. The second kappa shape index (κ2) is 7.26. The van der Waals surface area contributed by atoms with Gasteiger partial charge in [0, 0.05) is 37.5 Å². The number of likely N-dealkylation sites (tertiary alicyclic amines) is 1. The van der Waals surface area contributed by atoms with Gasteiger partial charge in [0.15, 0.2) is 0 Å². The van der Waals surface area contributed by atoms with Crippen LogP contribution in [0.15, 0.2) is 18.2 Å². The molecule has 1 aromatic carbocycles. The number of rotatable bonds is 6. The van der Waals surface area contributed by atoms with Gasteiger partial charge >= 0.3 is 0 Å². The second-order valence-corrected chi connectivity index (χ2v) is 5.52. The molecule has 1 aliphatic heterocycles. The number of nitrogens with zero attached hydrogens (tertiary/aromatic N) is 2. The Morgan fingerprint density at radius 2 is 2.10 bits per heavy atom. The van der Waals surface area contributed by atoms with E-state index in [-0.39, 0.29) is 16.7 Å². The summed E-state index contributed by atoms with van der Waals surface area (Å²) in [6.45, 7) is 4.84. The molecule has 0 aliphatic carbocycles. The summed E-state index contributed by atoms with van der Waals surface area (Å²) in [5.74, 6) is 0.581. The minimum atomic E-state index is -0.376. The first-order chi connectivity index (χ1) is 10.1. The minimum absolute atomic E-state index is 0.0685. The van der Waals surface area contributed by atoms with Crippen LogP contribution in [-0.2, 0) is 0 Å². The Balaban J connectivity index is 2.09. The van der Waals surface area contributed by atoms with E-state index >= 15 is 0 Å². The standard InChI is InChI=1S/C15H23N3O3/c1-3-6-16-12-9-13(18(19)20)11-15(10-12)21-14-4-7-17(2)8-5-14/h9-11,14,16H,3-8H2,1-2H3. The zero-order valence-electron chi connectivity index (χ0n) is 12.7. The van der Waals surface area contributed by atoms with E-state index in [0.717, 1.165) is 44.6 Å². The Labute approximate surface area is 125 Å². The van der Waals surface area contributed by atoms with Gasteiger partial charge in [-0.1, -0.05) is 6.92 Å². The highest BCUT2D eigenvalue weighted by Gasteiger charge is 2.19. The Morgan fingerprint density at radius 1 is 1.38 bits per heavy atom. The Kier molecular flexibility index (Phi) is 5.38. The highest BCUT2D eigenvalue weighted by atomic mass is 16.6. The average molecular weight is 293 g/mol. The fourth-order valence-corrected chi connectivity index (χ4v) is 2.42. The van der Waals surface area contributed by atoms with Crippen molar-refractivity contribution in [1.82, 2.24) is 4.90 Å². The van der Waals surface area contributed by atoms with Gasteiger partial charge in [-0.2, -0.15) is 0 Å². The lowest BCUT2D eigenvalue weighted by molar-refractivity contribution is -0.384. The van der Waals surface area contributed by atoms with Crippen LogP contribution in [0.3, 0.4) is 0 Å². The van der Waals surface area contributed by atoms with Gasteiger partial charge < -0.3 is 15.0 Å². The number of nitrogens with one attached hydrogen (secondary N) is 1. The fraction of sp³-hybridized carbons (Fsp3) is 0.600. The first-order valence-corrected chi connectivity index (χ1v) is 7.47. The SMILES string of the molecule is CCCNc1cc(OC2CCN(C)CC2)cc([N+](=O)[O-])c1. The summed E-state index contributed by atoms with van der Waals surface area (Å²) in [5, 5.41) is 14.2. The molecule has 6 nitrogen and oxygen atoms in total. The quantitative estimate of drug-likeness (QED) is 0.645. The molecule has 0 spiro atoms. The average Bonchev–Trinajstić information content (AvgIpc) is 2.47. The number of benzene rings is 1. The number of hydrogen-bond donors (Lipinski definition) is 1. The summed E-state index contributed by atoms with van der Waals surface area (Å²) in [7, 11) is 2.09. The lowest BCUT2D eigenvalue weighted by atomic mass is 10.1. The molecule has 2 rings (SSSR count). The number of ether oxygens (including phenoxy) is 1. The topological polar surface area (TPSA) is 67.6 Å². The number of non-ortho nitro benzene ring substituents is 1. The van der Waals surface area contributed by atoms with Crippen LogP contribution in [0.1, 0.15) is 26.2 Å². The van der Waals surface area contributed by atoms with Crippen molar-refractivity contribution >= 4 is 11.4 Å². The van der Waals surface area contributed by atoms with Crippen molar-refractivity contribution < 1.29 is 9.66 Å². The van der Waals surface area contributed by atoms with E-state index in [1.54, 1.807) is 6.07 Å². The molecule has 0 bridgehead atoms. The van der Waals surface area contributed by atoms with Crippen molar-refractivity contribution in [1.29, 1.82) is 0 Å². The van der Waals surface area contributed by atoms with Crippen molar-refractivity contribution in [3.8, 4) is 5.75 Å². The molecule has 1 heterocycles. The predicted octanol–water partition coefficient (Wildman–Crippen LogP) is 2.89. The second-order valence-electron chi connectivity index (χ2n) is 5.52. The number of hydrogen-bond acceptors (Lipinski definition) is 5. The molecule has 0 aromatic heterocycles. The Morgan fingerprint density at radius 3 is 2.71 bits per heavy atom. The van der Waals surface area contributed by atoms with E-state index in [0.29, 0.717) is 5.75 Å². The van der Waals surface area contributed by atoms with E-state index in [4.69, 9.17) is 4.74 Å². The summed E-state index contributed by atoms with van der Waals surface area (Å²) in [6, 6.07) is 4.91. The first kappa shape index (κ1) is 15.6. The van der Waals surface area contributed by atoms with E-state index in [2.05, 4.69) is 24.2 Å². The van der Waals surface area contributed by atoms with Crippen molar-refractivity contribution in [3.05, 3.63) is 28.3 Å². The number of nitro benzene ring substituents is 1. The van der Waals surface area contributed by atoms with Crippen molar-refractivity contribution in [2.75, 3.05) is 32.0 Å². The van der Waals surface area contributed by atoms with Crippen molar-refractivity contribution in [2.45, 2.75) is 32.3 Å². The molecule has 6 heteroatoms. The van der Waals surface area contributed by atoms with Crippen LogP contribution in [0.25, 0.3) is 0 Å². The number of nitro groups is 1. The maximum Gasteiger partial charge on any atom is 0.275 e. The van der Waals surface area contributed by atoms with Crippen molar-refractivity contribution in [2.24, 2.45) is 0 Å².